The predicted octanol–water partition coefficient (Wildman–Crippen LogP) is 2.25. The third-order valence-electron chi connectivity index (χ3n) is 3.36. The number of nitrogens with one attached hydrogen (secondary N) is 1. The van der Waals surface area contributed by atoms with Gasteiger partial charge in [0.05, 0.1) is 6.07 Å². The van der Waals surface area contributed by atoms with Crippen LogP contribution in [0.4, 0.5) is 0 Å². The highest BCUT2D eigenvalue weighted by Crippen LogP contribution is 2.27. The van der Waals surface area contributed by atoms with Crippen molar-refractivity contribution in [3.8, 4) is 6.07 Å². The lowest BCUT2D eigenvalue weighted by Gasteiger charge is -2.31. The molecule has 1 aromatic heterocycles. The number of carbonyl (C=O) groups excluding carboxylic acids is 2. The van der Waals surface area contributed by atoms with Crippen LogP contribution in [-0.4, -0.2) is 24.0 Å². The van der Waals surface area contributed by atoms with Gasteiger partial charge < -0.3 is 10.1 Å². The molecule has 6 heteroatoms. The summed E-state index contributed by atoms with van der Waals surface area (Å²) in [5.41, 5.74) is -0.787. The standard InChI is InChI=1S/C14H16N2O3S/c15-10-14(6-2-1-3-7-14)16-12(17)9-19-13(18)11-5-4-8-20-11/h4-5,8H,1-3,6-7,9H2,(H,16,17). The predicted molar refractivity (Wildman–Crippen MR) is 74.2 cm³/mol. The Hall–Kier alpha value is -1.87. The van der Waals surface area contributed by atoms with Gasteiger partial charge >= 0.3 is 5.97 Å². The molecule has 1 fully saturated rings. The molecule has 0 radical (unpaired) electrons. The highest BCUT2D eigenvalue weighted by atomic mass is 32.1. The lowest BCUT2D eigenvalue weighted by molar-refractivity contribution is -0.125. The van der Waals surface area contributed by atoms with Gasteiger partial charge in [-0.3, -0.25) is 4.79 Å². The van der Waals surface area contributed by atoms with Crippen molar-refractivity contribution < 1.29 is 14.3 Å². The summed E-state index contributed by atoms with van der Waals surface area (Å²) in [6.07, 6.45) is 4.28. The molecule has 1 N–H and O–H groups in total. The molecule has 1 amide bonds. The van der Waals surface area contributed by atoms with Crippen molar-refractivity contribution in [1.29, 1.82) is 5.26 Å². The maximum atomic E-state index is 11.8. The van der Waals surface area contributed by atoms with Gasteiger partial charge in [-0.2, -0.15) is 5.26 Å². The second-order valence-corrected chi connectivity index (χ2v) is 5.80. The van der Waals surface area contributed by atoms with E-state index in [9.17, 15) is 14.9 Å². The first-order valence-corrected chi connectivity index (χ1v) is 7.46. The number of thiophene rings is 1. The Morgan fingerprint density at radius 3 is 2.75 bits per heavy atom. The molecule has 0 aliphatic heterocycles. The number of amides is 1. The monoisotopic (exact) mass is 292 g/mol. The van der Waals surface area contributed by atoms with E-state index in [1.54, 1.807) is 17.5 Å². The van der Waals surface area contributed by atoms with E-state index in [2.05, 4.69) is 11.4 Å². The first-order chi connectivity index (χ1) is 9.65. The smallest absolute Gasteiger partial charge is 0.348 e. The SMILES string of the molecule is N#CC1(NC(=O)COC(=O)c2cccs2)CCCCC1. The van der Waals surface area contributed by atoms with Crippen molar-refractivity contribution >= 4 is 23.2 Å². The van der Waals surface area contributed by atoms with Gasteiger partial charge in [-0.25, -0.2) is 4.79 Å². The van der Waals surface area contributed by atoms with Crippen LogP contribution in [0.15, 0.2) is 17.5 Å². The van der Waals surface area contributed by atoms with Crippen LogP contribution in [0.1, 0.15) is 41.8 Å². The van der Waals surface area contributed by atoms with Gasteiger partial charge in [-0.05, 0) is 24.3 Å². The van der Waals surface area contributed by atoms with E-state index in [0.29, 0.717) is 17.7 Å². The van der Waals surface area contributed by atoms with Crippen molar-refractivity contribution in [3.05, 3.63) is 22.4 Å². The maximum absolute atomic E-state index is 11.8. The van der Waals surface area contributed by atoms with Crippen LogP contribution in [0, 0.1) is 11.3 Å². The zero-order valence-corrected chi connectivity index (χ0v) is 11.9. The molecule has 1 saturated carbocycles. The lowest BCUT2D eigenvalue weighted by atomic mass is 9.83. The normalized spacial score (nSPS) is 16.9. The largest absolute Gasteiger partial charge is 0.451 e. The quantitative estimate of drug-likeness (QED) is 0.863. The summed E-state index contributed by atoms with van der Waals surface area (Å²) in [5.74, 6) is -0.928. The number of hydrogen-bond acceptors (Lipinski definition) is 5. The molecule has 2 rings (SSSR count). The van der Waals surface area contributed by atoms with Crippen molar-refractivity contribution in [3.63, 3.8) is 0 Å². The van der Waals surface area contributed by atoms with Crippen molar-refractivity contribution in [1.82, 2.24) is 5.32 Å². The van der Waals surface area contributed by atoms with Gasteiger partial charge in [-0.15, -0.1) is 11.3 Å². The fraction of sp³-hybridized carbons (Fsp3) is 0.500. The van der Waals surface area contributed by atoms with Crippen LogP contribution >= 0.6 is 11.3 Å². The molecular weight excluding hydrogens is 276 g/mol. The second kappa shape index (κ2) is 6.53. The topological polar surface area (TPSA) is 79.2 Å². The first-order valence-electron chi connectivity index (χ1n) is 6.58. The van der Waals surface area contributed by atoms with Crippen LogP contribution < -0.4 is 5.32 Å². The highest BCUT2D eigenvalue weighted by Gasteiger charge is 2.33. The molecule has 5 nitrogen and oxygen atoms in total. The third kappa shape index (κ3) is 3.58. The number of esters is 1. The maximum Gasteiger partial charge on any atom is 0.348 e. The van der Waals surface area contributed by atoms with E-state index in [4.69, 9.17) is 4.74 Å². The van der Waals surface area contributed by atoms with Crippen molar-refractivity contribution in [2.45, 2.75) is 37.6 Å². The molecule has 1 heterocycles. The minimum atomic E-state index is -0.787. The Morgan fingerprint density at radius 1 is 1.40 bits per heavy atom. The van der Waals surface area contributed by atoms with Gasteiger partial charge in [0.15, 0.2) is 6.61 Å². The van der Waals surface area contributed by atoms with Gasteiger partial charge in [0, 0.05) is 0 Å². The molecule has 0 saturated heterocycles. The molecule has 0 unspecified atom stereocenters. The number of nitrogens with zero attached hydrogens (tertiary/aromatic N) is 1. The molecule has 1 aliphatic rings. The molecule has 0 spiro atoms. The van der Waals surface area contributed by atoms with E-state index in [1.807, 2.05) is 0 Å². The minimum Gasteiger partial charge on any atom is -0.451 e. The first kappa shape index (κ1) is 14.5. The van der Waals surface area contributed by atoms with Crippen LogP contribution in [0.3, 0.4) is 0 Å². The zero-order valence-electron chi connectivity index (χ0n) is 11.1. The average Bonchev–Trinajstić information content (AvgIpc) is 3.00. The molecular formula is C14H16N2O3S. The Labute approximate surface area is 121 Å². The molecule has 1 aromatic rings. The Morgan fingerprint density at radius 2 is 2.15 bits per heavy atom. The number of nitriles is 1. The minimum absolute atomic E-state index is 0.347. The van der Waals surface area contributed by atoms with Gasteiger partial charge in [-0.1, -0.05) is 25.3 Å². The third-order valence-corrected chi connectivity index (χ3v) is 4.21. The van der Waals surface area contributed by atoms with Gasteiger partial charge in [0.2, 0.25) is 0 Å². The Kier molecular flexibility index (Phi) is 4.74. The fourth-order valence-electron chi connectivity index (χ4n) is 2.32. The number of rotatable bonds is 4. The van der Waals surface area contributed by atoms with E-state index in [0.717, 1.165) is 19.3 Å². The summed E-state index contributed by atoms with van der Waals surface area (Å²) >= 11 is 1.26. The molecule has 0 aromatic carbocycles. The van der Waals surface area contributed by atoms with Crippen LogP contribution in [-0.2, 0) is 9.53 Å². The number of ether oxygens (including phenoxy) is 1. The number of hydrogen-bond donors (Lipinski definition) is 1. The fourth-order valence-corrected chi connectivity index (χ4v) is 2.94. The van der Waals surface area contributed by atoms with Gasteiger partial charge in [0.1, 0.15) is 10.4 Å². The molecule has 20 heavy (non-hydrogen) atoms. The van der Waals surface area contributed by atoms with E-state index >= 15 is 0 Å². The zero-order chi connectivity index (χ0) is 14.4. The molecule has 0 atom stereocenters. The molecule has 106 valence electrons. The second-order valence-electron chi connectivity index (χ2n) is 4.86. The van der Waals surface area contributed by atoms with Crippen molar-refractivity contribution in [2.75, 3.05) is 6.61 Å². The summed E-state index contributed by atoms with van der Waals surface area (Å²) in [4.78, 5) is 23.9. The Bertz CT molecular complexity index is 513. The van der Waals surface area contributed by atoms with Crippen LogP contribution in [0.5, 0.6) is 0 Å². The summed E-state index contributed by atoms with van der Waals surface area (Å²) in [6.45, 7) is -0.347. The van der Waals surface area contributed by atoms with Crippen molar-refractivity contribution in [2.24, 2.45) is 0 Å². The summed E-state index contributed by atoms with van der Waals surface area (Å²) in [5, 5.41) is 13.7. The molecule has 1 aliphatic carbocycles. The summed E-state index contributed by atoms with van der Waals surface area (Å²) < 4.78 is 4.93. The van der Waals surface area contributed by atoms with E-state index in [1.165, 1.54) is 11.3 Å². The molecule has 0 bridgehead atoms. The van der Waals surface area contributed by atoms with Crippen LogP contribution in [0.2, 0.25) is 0 Å². The summed E-state index contributed by atoms with van der Waals surface area (Å²) in [6, 6.07) is 5.58. The highest BCUT2D eigenvalue weighted by molar-refractivity contribution is 7.11. The lowest BCUT2D eigenvalue weighted by Crippen LogP contribution is -2.50. The van der Waals surface area contributed by atoms with Gasteiger partial charge in [0.25, 0.3) is 5.91 Å². The Balaban J connectivity index is 1.83. The summed E-state index contributed by atoms with van der Waals surface area (Å²) in [7, 11) is 0. The van der Waals surface area contributed by atoms with Crippen LogP contribution in [0.25, 0.3) is 0 Å². The van der Waals surface area contributed by atoms with E-state index < -0.39 is 17.4 Å². The van der Waals surface area contributed by atoms with E-state index in [-0.39, 0.29) is 6.61 Å². The number of carbonyl (C=O) groups is 2. The average molecular weight is 292 g/mol.